The van der Waals surface area contributed by atoms with Crippen molar-refractivity contribution in [3.8, 4) is 0 Å². The maximum absolute atomic E-state index is 13.7. The van der Waals surface area contributed by atoms with E-state index in [4.69, 9.17) is 10.8 Å². The first-order chi connectivity index (χ1) is 10.0. The van der Waals surface area contributed by atoms with Crippen molar-refractivity contribution in [2.75, 3.05) is 45.1 Å². The van der Waals surface area contributed by atoms with E-state index in [1.165, 1.54) is 4.90 Å². The third-order valence-corrected chi connectivity index (χ3v) is 3.61. The molecule has 0 aliphatic carbocycles. The minimum atomic E-state index is -0.900. The molecule has 5 nitrogen and oxygen atoms in total. The predicted molar refractivity (Wildman–Crippen MR) is 74.8 cm³/mol. The molecule has 1 fully saturated rings. The van der Waals surface area contributed by atoms with E-state index >= 15 is 0 Å². The number of aliphatic hydroxyl groups is 1. The SMILES string of the molecule is Nc1cc(C(=O)N2CCCN(CCO)CC2)c(F)cc1F. The van der Waals surface area contributed by atoms with E-state index in [2.05, 4.69) is 0 Å². The Morgan fingerprint density at radius 2 is 1.95 bits per heavy atom. The molecule has 0 unspecified atom stereocenters. The lowest BCUT2D eigenvalue weighted by atomic mass is 10.1. The molecule has 7 heteroatoms. The van der Waals surface area contributed by atoms with Crippen molar-refractivity contribution in [2.45, 2.75) is 6.42 Å². The number of nitrogen functional groups attached to an aromatic ring is 1. The van der Waals surface area contributed by atoms with Gasteiger partial charge in [0.1, 0.15) is 11.6 Å². The van der Waals surface area contributed by atoms with Crippen LogP contribution < -0.4 is 5.73 Å². The van der Waals surface area contributed by atoms with Crippen LogP contribution in [0.1, 0.15) is 16.8 Å². The Labute approximate surface area is 121 Å². The number of carbonyl (C=O) groups is 1. The van der Waals surface area contributed by atoms with Crippen molar-refractivity contribution in [3.63, 3.8) is 0 Å². The molecule has 1 aromatic carbocycles. The molecular formula is C14H19F2N3O2. The summed E-state index contributed by atoms with van der Waals surface area (Å²) in [5.41, 5.74) is 4.96. The number of nitrogens with zero attached hydrogens (tertiary/aromatic N) is 2. The summed E-state index contributed by atoms with van der Waals surface area (Å²) in [6, 6.07) is 1.68. The summed E-state index contributed by atoms with van der Waals surface area (Å²) in [5.74, 6) is -2.25. The Morgan fingerprint density at radius 1 is 1.19 bits per heavy atom. The molecule has 0 spiro atoms. The van der Waals surface area contributed by atoms with Crippen molar-refractivity contribution in [3.05, 3.63) is 29.3 Å². The van der Waals surface area contributed by atoms with Gasteiger partial charge in [-0.05, 0) is 19.0 Å². The van der Waals surface area contributed by atoms with Gasteiger partial charge < -0.3 is 15.7 Å². The predicted octanol–water partition coefficient (Wildman–Crippen LogP) is 0.687. The summed E-state index contributed by atoms with van der Waals surface area (Å²) in [4.78, 5) is 15.9. The molecule has 2 rings (SSSR count). The second-order valence-corrected chi connectivity index (χ2v) is 5.06. The molecule has 21 heavy (non-hydrogen) atoms. The minimum absolute atomic E-state index is 0.0665. The van der Waals surface area contributed by atoms with Crippen LogP contribution in [0.25, 0.3) is 0 Å². The molecule has 0 atom stereocenters. The van der Waals surface area contributed by atoms with Crippen LogP contribution in [0.4, 0.5) is 14.5 Å². The van der Waals surface area contributed by atoms with E-state index in [0.717, 1.165) is 19.0 Å². The van der Waals surface area contributed by atoms with E-state index in [9.17, 15) is 13.6 Å². The van der Waals surface area contributed by atoms with Gasteiger partial charge in [0.15, 0.2) is 0 Å². The highest BCUT2D eigenvalue weighted by Crippen LogP contribution is 2.19. The maximum Gasteiger partial charge on any atom is 0.256 e. The molecule has 1 saturated heterocycles. The van der Waals surface area contributed by atoms with Crippen molar-refractivity contribution < 1.29 is 18.7 Å². The normalized spacial score (nSPS) is 16.8. The largest absolute Gasteiger partial charge is 0.396 e. The van der Waals surface area contributed by atoms with Gasteiger partial charge >= 0.3 is 0 Å². The summed E-state index contributed by atoms with van der Waals surface area (Å²) >= 11 is 0. The minimum Gasteiger partial charge on any atom is -0.396 e. The number of amides is 1. The quantitative estimate of drug-likeness (QED) is 0.806. The molecule has 1 heterocycles. The first kappa shape index (κ1) is 15.7. The third kappa shape index (κ3) is 3.68. The number of hydrogen-bond donors (Lipinski definition) is 2. The molecule has 0 bridgehead atoms. The molecule has 3 N–H and O–H groups in total. The van der Waals surface area contributed by atoms with Crippen LogP contribution >= 0.6 is 0 Å². The summed E-state index contributed by atoms with van der Waals surface area (Å²) < 4.78 is 26.9. The number of β-amino-alcohol motifs (C(OH)–C–C–N with tert-alkyl or cyclic N) is 1. The molecule has 1 aliphatic rings. The average molecular weight is 299 g/mol. The average Bonchev–Trinajstić information content (AvgIpc) is 2.68. The van der Waals surface area contributed by atoms with Gasteiger partial charge in [-0.2, -0.15) is 0 Å². The second kappa shape index (κ2) is 6.82. The summed E-state index contributed by atoms with van der Waals surface area (Å²) in [5, 5.41) is 8.94. The number of hydrogen-bond acceptors (Lipinski definition) is 4. The highest BCUT2D eigenvalue weighted by molar-refractivity contribution is 5.95. The van der Waals surface area contributed by atoms with Crippen LogP contribution in [0.15, 0.2) is 12.1 Å². The number of aliphatic hydroxyl groups excluding tert-OH is 1. The summed E-state index contributed by atoms with van der Waals surface area (Å²) in [7, 11) is 0. The van der Waals surface area contributed by atoms with Gasteiger partial charge in [0.05, 0.1) is 17.9 Å². The molecule has 116 valence electrons. The van der Waals surface area contributed by atoms with Crippen LogP contribution in [0.3, 0.4) is 0 Å². The fourth-order valence-electron chi connectivity index (χ4n) is 2.44. The smallest absolute Gasteiger partial charge is 0.256 e. The Bertz CT molecular complexity index is 525. The van der Waals surface area contributed by atoms with E-state index in [1.54, 1.807) is 0 Å². The number of anilines is 1. The maximum atomic E-state index is 13.7. The molecule has 0 aromatic heterocycles. The van der Waals surface area contributed by atoms with Crippen molar-refractivity contribution in [1.82, 2.24) is 9.80 Å². The number of carbonyl (C=O) groups excluding carboxylic acids is 1. The third-order valence-electron chi connectivity index (χ3n) is 3.61. The zero-order valence-electron chi connectivity index (χ0n) is 11.7. The van der Waals surface area contributed by atoms with Gasteiger partial charge in [-0.3, -0.25) is 9.69 Å². The number of halogens is 2. The van der Waals surface area contributed by atoms with E-state index < -0.39 is 17.5 Å². The van der Waals surface area contributed by atoms with Crippen LogP contribution in [0.2, 0.25) is 0 Å². The zero-order valence-corrected chi connectivity index (χ0v) is 11.7. The summed E-state index contributed by atoms with van der Waals surface area (Å²) in [6.45, 7) is 2.95. The van der Waals surface area contributed by atoms with Gasteiger partial charge in [-0.1, -0.05) is 0 Å². The van der Waals surface area contributed by atoms with Crippen LogP contribution in [-0.4, -0.2) is 60.1 Å². The van der Waals surface area contributed by atoms with Gasteiger partial charge in [0.2, 0.25) is 0 Å². The Kier molecular flexibility index (Phi) is 5.08. The lowest BCUT2D eigenvalue weighted by molar-refractivity contribution is 0.0756. The monoisotopic (exact) mass is 299 g/mol. The fourth-order valence-corrected chi connectivity index (χ4v) is 2.44. The fraction of sp³-hybridized carbons (Fsp3) is 0.500. The van der Waals surface area contributed by atoms with Crippen LogP contribution in [0.5, 0.6) is 0 Å². The summed E-state index contributed by atoms with van der Waals surface area (Å²) in [6.07, 6.45) is 0.740. The lowest BCUT2D eigenvalue weighted by Gasteiger charge is -2.22. The van der Waals surface area contributed by atoms with E-state index in [0.29, 0.717) is 32.2 Å². The first-order valence-electron chi connectivity index (χ1n) is 6.90. The first-order valence-corrected chi connectivity index (χ1v) is 6.90. The van der Waals surface area contributed by atoms with Crippen molar-refractivity contribution >= 4 is 11.6 Å². The molecule has 0 radical (unpaired) electrons. The molecule has 1 amide bonds. The Balaban J connectivity index is 2.11. The molecular weight excluding hydrogens is 280 g/mol. The number of nitrogens with two attached hydrogens (primary N) is 1. The van der Waals surface area contributed by atoms with E-state index in [-0.39, 0.29) is 17.9 Å². The van der Waals surface area contributed by atoms with Crippen LogP contribution in [0, 0.1) is 11.6 Å². The standard InChI is InChI=1S/C14H19F2N3O2/c15-11-9-12(16)13(17)8-10(11)14(21)19-3-1-2-18(4-5-19)6-7-20/h8-9,20H,1-7,17H2. The molecule has 0 saturated carbocycles. The molecule has 1 aliphatic heterocycles. The van der Waals surface area contributed by atoms with Gasteiger partial charge in [0, 0.05) is 32.2 Å². The second-order valence-electron chi connectivity index (χ2n) is 5.06. The van der Waals surface area contributed by atoms with E-state index in [1.807, 2.05) is 4.90 Å². The highest BCUT2D eigenvalue weighted by Gasteiger charge is 2.23. The van der Waals surface area contributed by atoms with Crippen molar-refractivity contribution in [2.24, 2.45) is 0 Å². The number of benzene rings is 1. The Morgan fingerprint density at radius 3 is 2.67 bits per heavy atom. The van der Waals surface area contributed by atoms with Gasteiger partial charge in [-0.25, -0.2) is 8.78 Å². The topological polar surface area (TPSA) is 69.8 Å². The lowest BCUT2D eigenvalue weighted by Crippen LogP contribution is -2.36. The zero-order chi connectivity index (χ0) is 15.4. The van der Waals surface area contributed by atoms with Crippen molar-refractivity contribution in [1.29, 1.82) is 0 Å². The molecule has 1 aromatic rings. The Hall–Kier alpha value is -1.73. The van der Waals surface area contributed by atoms with Gasteiger partial charge in [-0.15, -0.1) is 0 Å². The number of rotatable bonds is 3. The van der Waals surface area contributed by atoms with Crippen LogP contribution in [-0.2, 0) is 0 Å². The van der Waals surface area contributed by atoms with Gasteiger partial charge in [0.25, 0.3) is 5.91 Å². The highest BCUT2D eigenvalue weighted by atomic mass is 19.1.